The smallest absolute Gasteiger partial charge is 0.420 e. The van der Waals surface area contributed by atoms with Crippen molar-refractivity contribution in [2.75, 3.05) is 6.61 Å². The first-order valence-electron chi connectivity index (χ1n) is 11.7. The number of unbranched alkanes of at least 4 members (excludes halogenated alkanes) is 1. The molecule has 0 amide bonds. The zero-order valence-corrected chi connectivity index (χ0v) is 20.7. The third-order valence-corrected chi connectivity index (χ3v) is 5.22. The van der Waals surface area contributed by atoms with E-state index < -0.39 is 23.2 Å². The fraction of sp³-hybridized carbons (Fsp3) is 0.400. The first kappa shape index (κ1) is 25.0. The van der Waals surface area contributed by atoms with Crippen LogP contribution in [0.15, 0.2) is 41.5 Å². The van der Waals surface area contributed by atoms with Crippen LogP contribution >= 0.6 is 0 Å². The minimum atomic E-state index is -0.737. The van der Waals surface area contributed by atoms with Crippen LogP contribution in [0.3, 0.4) is 0 Å². The molecule has 3 aromatic heterocycles. The van der Waals surface area contributed by atoms with E-state index in [0.717, 1.165) is 17.5 Å². The SMILES string of the molecule is CCCCOC(=O)Cc1nn(Cc2nc3ccccc3n2C(=O)OC(C)(C)C)c(=O)c2nccnc12. The Morgan fingerprint density at radius 2 is 1.78 bits per heavy atom. The van der Waals surface area contributed by atoms with Crippen LogP contribution in [0.4, 0.5) is 4.79 Å². The molecule has 0 aliphatic carbocycles. The van der Waals surface area contributed by atoms with Crippen molar-refractivity contribution >= 4 is 34.1 Å². The van der Waals surface area contributed by atoms with Gasteiger partial charge >= 0.3 is 12.1 Å². The lowest BCUT2D eigenvalue weighted by Gasteiger charge is -2.20. The van der Waals surface area contributed by atoms with Gasteiger partial charge in [-0.05, 0) is 39.3 Å². The number of carbonyl (C=O) groups excluding carboxylic acids is 2. The minimum absolute atomic E-state index is 0.0591. The van der Waals surface area contributed by atoms with Gasteiger partial charge in [0, 0.05) is 12.4 Å². The number of benzene rings is 1. The molecular formula is C25H28N6O5. The van der Waals surface area contributed by atoms with Crippen LogP contribution in [0.2, 0.25) is 0 Å². The Morgan fingerprint density at radius 3 is 2.50 bits per heavy atom. The number of fused-ring (bicyclic) bond motifs is 2. The number of esters is 1. The fourth-order valence-corrected chi connectivity index (χ4v) is 3.64. The Hall–Kier alpha value is -4.15. The third kappa shape index (κ3) is 5.40. The lowest BCUT2D eigenvalue weighted by molar-refractivity contribution is -0.143. The molecule has 0 atom stereocenters. The van der Waals surface area contributed by atoms with Crippen LogP contribution in [0.5, 0.6) is 0 Å². The number of ether oxygens (including phenoxy) is 2. The van der Waals surface area contributed by atoms with E-state index in [1.165, 1.54) is 17.0 Å². The van der Waals surface area contributed by atoms with Crippen LogP contribution in [0.1, 0.15) is 52.1 Å². The van der Waals surface area contributed by atoms with Crippen LogP contribution < -0.4 is 5.56 Å². The average Bonchev–Trinajstić information content (AvgIpc) is 3.19. The second-order valence-corrected chi connectivity index (χ2v) is 9.25. The maximum Gasteiger partial charge on any atom is 0.420 e. The van der Waals surface area contributed by atoms with Crippen molar-refractivity contribution in [3.63, 3.8) is 0 Å². The Labute approximate surface area is 207 Å². The van der Waals surface area contributed by atoms with Crippen LogP contribution in [0.25, 0.3) is 22.1 Å². The number of imidazole rings is 1. The summed E-state index contributed by atoms with van der Waals surface area (Å²) in [5.41, 5.74) is 0.374. The molecule has 3 heterocycles. The van der Waals surface area contributed by atoms with Crippen molar-refractivity contribution < 1.29 is 19.1 Å². The Morgan fingerprint density at radius 1 is 1.06 bits per heavy atom. The van der Waals surface area contributed by atoms with Crippen molar-refractivity contribution in [2.24, 2.45) is 0 Å². The third-order valence-electron chi connectivity index (χ3n) is 5.22. The lowest BCUT2D eigenvalue weighted by Crippen LogP contribution is -2.31. The number of rotatable bonds is 7. The molecule has 0 radical (unpaired) electrons. The van der Waals surface area contributed by atoms with Crippen molar-refractivity contribution in [1.29, 1.82) is 0 Å². The molecule has 0 unspecified atom stereocenters. The molecule has 4 rings (SSSR count). The van der Waals surface area contributed by atoms with Gasteiger partial charge in [0.2, 0.25) is 0 Å². The molecule has 0 N–H and O–H groups in total. The van der Waals surface area contributed by atoms with Crippen LogP contribution in [-0.4, -0.2) is 53.6 Å². The Bertz CT molecular complexity index is 1480. The Kier molecular flexibility index (Phi) is 7.09. The fourth-order valence-electron chi connectivity index (χ4n) is 3.64. The minimum Gasteiger partial charge on any atom is -0.465 e. The number of para-hydroxylation sites is 2. The van der Waals surface area contributed by atoms with Gasteiger partial charge in [-0.1, -0.05) is 25.5 Å². The maximum absolute atomic E-state index is 13.2. The van der Waals surface area contributed by atoms with Gasteiger partial charge < -0.3 is 9.47 Å². The molecule has 188 valence electrons. The van der Waals surface area contributed by atoms with Gasteiger partial charge in [-0.25, -0.2) is 24.0 Å². The van der Waals surface area contributed by atoms with Crippen LogP contribution in [0, 0.1) is 0 Å². The second kappa shape index (κ2) is 10.2. The van der Waals surface area contributed by atoms with E-state index in [-0.39, 0.29) is 35.5 Å². The molecule has 36 heavy (non-hydrogen) atoms. The molecule has 11 nitrogen and oxygen atoms in total. The molecule has 0 aliphatic rings. The number of hydrogen-bond acceptors (Lipinski definition) is 9. The monoisotopic (exact) mass is 492 g/mol. The molecule has 11 heteroatoms. The highest BCUT2D eigenvalue weighted by molar-refractivity contribution is 5.87. The number of carbonyl (C=O) groups is 2. The summed E-state index contributed by atoms with van der Waals surface area (Å²) in [6.45, 7) is 7.45. The Balaban J connectivity index is 1.77. The predicted molar refractivity (Wildman–Crippen MR) is 132 cm³/mol. The summed E-state index contributed by atoms with van der Waals surface area (Å²) < 4.78 is 13.3. The predicted octanol–water partition coefficient (Wildman–Crippen LogP) is 3.25. The summed E-state index contributed by atoms with van der Waals surface area (Å²) in [5, 5.41) is 4.40. The zero-order chi connectivity index (χ0) is 25.9. The van der Waals surface area contributed by atoms with E-state index in [4.69, 9.17) is 9.47 Å². The van der Waals surface area contributed by atoms with Crippen molar-refractivity contribution in [2.45, 2.75) is 59.1 Å². The van der Waals surface area contributed by atoms with Gasteiger partial charge in [0.25, 0.3) is 5.56 Å². The average molecular weight is 493 g/mol. The van der Waals surface area contributed by atoms with E-state index in [1.54, 1.807) is 45.0 Å². The van der Waals surface area contributed by atoms with Gasteiger partial charge in [0.1, 0.15) is 29.2 Å². The maximum atomic E-state index is 13.2. The first-order valence-corrected chi connectivity index (χ1v) is 11.7. The number of hydrogen-bond donors (Lipinski definition) is 0. The van der Waals surface area contributed by atoms with Gasteiger partial charge in [0.15, 0.2) is 5.52 Å². The van der Waals surface area contributed by atoms with Crippen molar-refractivity contribution in [3.05, 3.63) is 58.5 Å². The molecule has 0 saturated carbocycles. The van der Waals surface area contributed by atoms with Crippen LogP contribution in [-0.2, 0) is 27.2 Å². The molecule has 0 aliphatic heterocycles. The zero-order valence-electron chi connectivity index (χ0n) is 20.7. The summed E-state index contributed by atoms with van der Waals surface area (Å²) in [7, 11) is 0. The molecule has 0 fully saturated rings. The summed E-state index contributed by atoms with van der Waals surface area (Å²) in [6.07, 6.45) is 3.67. The van der Waals surface area contributed by atoms with Crippen molar-refractivity contribution in [3.8, 4) is 0 Å². The van der Waals surface area contributed by atoms with E-state index >= 15 is 0 Å². The summed E-state index contributed by atoms with van der Waals surface area (Å²) in [5.74, 6) is -0.228. The molecule has 1 aromatic carbocycles. The van der Waals surface area contributed by atoms with Gasteiger partial charge in [-0.2, -0.15) is 5.10 Å². The first-order chi connectivity index (χ1) is 17.2. The molecule has 4 aromatic rings. The van der Waals surface area contributed by atoms with E-state index in [2.05, 4.69) is 20.1 Å². The molecule has 0 spiro atoms. The molecular weight excluding hydrogens is 464 g/mol. The van der Waals surface area contributed by atoms with E-state index in [9.17, 15) is 14.4 Å². The van der Waals surface area contributed by atoms with Gasteiger partial charge in [0.05, 0.1) is 24.1 Å². The van der Waals surface area contributed by atoms with E-state index in [0.29, 0.717) is 17.6 Å². The highest BCUT2D eigenvalue weighted by Crippen LogP contribution is 2.20. The highest BCUT2D eigenvalue weighted by Gasteiger charge is 2.24. The summed E-state index contributed by atoms with van der Waals surface area (Å²) >= 11 is 0. The van der Waals surface area contributed by atoms with E-state index in [1.807, 2.05) is 6.92 Å². The van der Waals surface area contributed by atoms with Gasteiger partial charge in [-0.15, -0.1) is 0 Å². The largest absolute Gasteiger partial charge is 0.465 e. The topological polar surface area (TPSA) is 131 Å². The quantitative estimate of drug-likeness (QED) is 0.282. The second-order valence-electron chi connectivity index (χ2n) is 9.25. The molecule has 0 bridgehead atoms. The number of nitrogens with zero attached hydrogens (tertiary/aromatic N) is 6. The molecule has 0 saturated heterocycles. The highest BCUT2D eigenvalue weighted by atomic mass is 16.6. The standard InChI is InChI=1S/C25H28N6O5/c1-5-6-13-35-20(32)14-17-21-22(27-12-11-26-21)23(33)30(29-17)15-19-28-16-9-7-8-10-18(16)31(19)24(34)36-25(2,3)4/h7-12H,5-6,13-15H2,1-4H3. The van der Waals surface area contributed by atoms with Gasteiger partial charge in [-0.3, -0.25) is 14.6 Å². The normalized spacial score (nSPS) is 11.7. The lowest BCUT2D eigenvalue weighted by atomic mass is 10.2. The summed E-state index contributed by atoms with van der Waals surface area (Å²) in [6, 6.07) is 7.10. The summed E-state index contributed by atoms with van der Waals surface area (Å²) in [4.78, 5) is 51.7. The number of aromatic nitrogens is 6. The van der Waals surface area contributed by atoms with Crippen molar-refractivity contribution in [1.82, 2.24) is 29.3 Å².